The number of esters is 1. The molecule has 0 unspecified atom stereocenters. The molecule has 2 aliphatic rings. The summed E-state index contributed by atoms with van der Waals surface area (Å²) in [6.07, 6.45) is 0. The van der Waals surface area contributed by atoms with E-state index in [9.17, 15) is 24.6 Å². The summed E-state index contributed by atoms with van der Waals surface area (Å²) in [5, 5.41) is 44.3. The molecule has 11 heteroatoms. The van der Waals surface area contributed by atoms with Crippen molar-refractivity contribution in [3.05, 3.63) is 70.8 Å². The number of aliphatic carboxylic acids is 2. The molecule has 2 heterocycles. The molecular formula is C24H18N2O9. The number of aromatic hydroxyl groups is 2. The van der Waals surface area contributed by atoms with Crippen molar-refractivity contribution in [3.63, 3.8) is 0 Å². The number of carbonyl (C=O) groups is 3. The predicted molar refractivity (Wildman–Crippen MR) is 120 cm³/mol. The predicted octanol–water partition coefficient (Wildman–Crippen LogP) is 2.66. The molecule has 0 saturated carbocycles. The Labute approximate surface area is 197 Å². The van der Waals surface area contributed by atoms with Gasteiger partial charge >= 0.3 is 17.9 Å². The van der Waals surface area contributed by atoms with E-state index in [1.807, 2.05) is 0 Å². The molecule has 0 aromatic heterocycles. The van der Waals surface area contributed by atoms with E-state index in [2.05, 4.69) is 10.6 Å². The third-order valence-corrected chi connectivity index (χ3v) is 5.81. The van der Waals surface area contributed by atoms with Gasteiger partial charge in [-0.3, -0.25) is 9.59 Å². The van der Waals surface area contributed by atoms with Crippen LogP contribution in [-0.2, 0) is 19.9 Å². The zero-order valence-electron chi connectivity index (χ0n) is 17.9. The van der Waals surface area contributed by atoms with Crippen LogP contribution in [0.15, 0.2) is 48.5 Å². The van der Waals surface area contributed by atoms with Gasteiger partial charge in [0.15, 0.2) is 5.60 Å². The Morgan fingerprint density at radius 3 is 1.83 bits per heavy atom. The lowest BCUT2D eigenvalue weighted by Gasteiger charge is -2.37. The van der Waals surface area contributed by atoms with Crippen molar-refractivity contribution in [1.82, 2.24) is 0 Å². The fourth-order valence-corrected chi connectivity index (χ4v) is 4.36. The molecule has 3 aromatic carbocycles. The van der Waals surface area contributed by atoms with Gasteiger partial charge in [-0.2, -0.15) is 0 Å². The van der Waals surface area contributed by atoms with Gasteiger partial charge in [0.2, 0.25) is 0 Å². The van der Waals surface area contributed by atoms with Gasteiger partial charge in [0, 0.05) is 28.8 Å². The maximum atomic E-state index is 12.9. The Bertz CT molecular complexity index is 1340. The summed E-state index contributed by atoms with van der Waals surface area (Å²) in [7, 11) is 0. The molecule has 6 N–H and O–H groups in total. The Balaban J connectivity index is 1.77. The first-order valence-corrected chi connectivity index (χ1v) is 10.4. The number of nitrogens with one attached hydrogen (secondary N) is 2. The summed E-state index contributed by atoms with van der Waals surface area (Å²) in [6.45, 7) is -0.964. The standard InChI is InChI=1S/C24H18N2O9/c27-17-7-19-13(5-15(17)25-9-21(29)30)24(12-4-2-1-3-11(12)23(33)35-24)14-6-16(26-10-22(31)32)18(28)8-20(14)34-19/h1-8,25-28H,9-10H2,(H,29,30)(H,31,32). The molecule has 5 rings (SSSR count). The molecule has 1 spiro atoms. The summed E-state index contributed by atoms with van der Waals surface area (Å²) in [5.74, 6) is -3.30. The highest BCUT2D eigenvalue weighted by molar-refractivity contribution is 5.97. The third-order valence-electron chi connectivity index (χ3n) is 5.81. The van der Waals surface area contributed by atoms with E-state index >= 15 is 0 Å². The quantitative estimate of drug-likeness (QED) is 0.227. The number of phenols is 2. The first kappa shape index (κ1) is 21.9. The SMILES string of the molecule is O=C(O)CNc1cc2c(cc1O)Oc1cc(O)c(NCC(=O)O)cc1C21OC(=O)c2ccccc21. The minimum absolute atomic E-state index is 0.0704. The average molecular weight is 478 g/mol. The lowest BCUT2D eigenvalue weighted by molar-refractivity contribution is -0.135. The minimum atomic E-state index is -1.59. The number of hydrogen-bond donors (Lipinski definition) is 6. The molecule has 178 valence electrons. The molecule has 0 saturated heterocycles. The van der Waals surface area contributed by atoms with Gasteiger partial charge in [-0.25, -0.2) is 4.79 Å². The molecule has 3 aromatic rings. The van der Waals surface area contributed by atoms with Crippen LogP contribution in [0.3, 0.4) is 0 Å². The summed E-state index contributed by atoms with van der Waals surface area (Å²) < 4.78 is 11.9. The Morgan fingerprint density at radius 2 is 1.31 bits per heavy atom. The number of fused-ring (bicyclic) bond motifs is 6. The maximum absolute atomic E-state index is 12.9. The average Bonchev–Trinajstić information content (AvgIpc) is 3.10. The van der Waals surface area contributed by atoms with Gasteiger partial charge in [0.05, 0.1) is 16.9 Å². The van der Waals surface area contributed by atoms with Gasteiger partial charge in [-0.05, 0) is 18.2 Å². The highest BCUT2D eigenvalue weighted by Gasteiger charge is 2.54. The fourth-order valence-electron chi connectivity index (χ4n) is 4.36. The normalized spacial score (nSPS) is 14.2. The van der Waals surface area contributed by atoms with Crippen LogP contribution in [-0.4, -0.2) is 51.4 Å². The number of carbonyl (C=O) groups excluding carboxylic acids is 1. The number of ether oxygens (including phenoxy) is 2. The van der Waals surface area contributed by atoms with E-state index in [1.54, 1.807) is 24.3 Å². The molecule has 0 fully saturated rings. The highest BCUT2D eigenvalue weighted by Crippen LogP contribution is 2.58. The van der Waals surface area contributed by atoms with Crippen LogP contribution < -0.4 is 15.4 Å². The van der Waals surface area contributed by atoms with Crippen LogP contribution >= 0.6 is 0 Å². The van der Waals surface area contributed by atoms with Gasteiger partial charge in [0.25, 0.3) is 0 Å². The van der Waals surface area contributed by atoms with Crippen molar-refractivity contribution in [2.24, 2.45) is 0 Å². The van der Waals surface area contributed by atoms with Crippen molar-refractivity contribution in [2.75, 3.05) is 23.7 Å². The molecule has 35 heavy (non-hydrogen) atoms. The number of carboxylic acid groups (broad SMARTS) is 2. The Morgan fingerprint density at radius 1 is 0.800 bits per heavy atom. The van der Waals surface area contributed by atoms with E-state index in [-0.39, 0.29) is 39.9 Å². The molecule has 11 nitrogen and oxygen atoms in total. The molecular weight excluding hydrogens is 460 g/mol. The fraction of sp³-hybridized carbons (Fsp3) is 0.125. The summed E-state index contributed by atoms with van der Waals surface area (Å²) in [5.41, 5.74) is -0.111. The van der Waals surface area contributed by atoms with Crippen LogP contribution in [0.4, 0.5) is 11.4 Å². The first-order valence-electron chi connectivity index (χ1n) is 10.4. The maximum Gasteiger partial charge on any atom is 0.340 e. The van der Waals surface area contributed by atoms with Crippen molar-refractivity contribution in [3.8, 4) is 23.0 Å². The van der Waals surface area contributed by atoms with Gasteiger partial charge in [-0.1, -0.05) is 18.2 Å². The van der Waals surface area contributed by atoms with Crippen LogP contribution in [0.1, 0.15) is 27.0 Å². The number of carboxylic acids is 2. The van der Waals surface area contributed by atoms with Crippen LogP contribution in [0.2, 0.25) is 0 Å². The molecule has 0 radical (unpaired) electrons. The van der Waals surface area contributed by atoms with Crippen LogP contribution in [0, 0.1) is 0 Å². The zero-order valence-corrected chi connectivity index (χ0v) is 17.9. The minimum Gasteiger partial charge on any atom is -0.506 e. The molecule has 2 aliphatic heterocycles. The van der Waals surface area contributed by atoms with E-state index in [0.29, 0.717) is 16.7 Å². The van der Waals surface area contributed by atoms with Gasteiger partial charge in [0.1, 0.15) is 36.1 Å². The number of anilines is 2. The zero-order chi connectivity index (χ0) is 24.9. The number of benzene rings is 3. The number of rotatable bonds is 6. The van der Waals surface area contributed by atoms with Crippen molar-refractivity contribution in [1.29, 1.82) is 0 Å². The third kappa shape index (κ3) is 3.41. The second-order valence-corrected chi connectivity index (χ2v) is 7.94. The molecule has 0 amide bonds. The van der Waals surface area contributed by atoms with Gasteiger partial charge in [-0.15, -0.1) is 0 Å². The smallest absolute Gasteiger partial charge is 0.340 e. The van der Waals surface area contributed by atoms with Crippen LogP contribution in [0.5, 0.6) is 23.0 Å². The van der Waals surface area contributed by atoms with E-state index in [0.717, 1.165) is 0 Å². The lowest BCUT2D eigenvalue weighted by Crippen LogP contribution is -2.33. The highest BCUT2D eigenvalue weighted by atomic mass is 16.6. The second kappa shape index (κ2) is 7.83. The summed E-state index contributed by atoms with van der Waals surface area (Å²) >= 11 is 0. The largest absolute Gasteiger partial charge is 0.506 e. The van der Waals surface area contributed by atoms with Crippen molar-refractivity contribution < 1.29 is 44.3 Å². The van der Waals surface area contributed by atoms with E-state index in [1.165, 1.54) is 24.3 Å². The molecule has 0 atom stereocenters. The topological polar surface area (TPSA) is 175 Å². The van der Waals surface area contributed by atoms with E-state index in [4.69, 9.17) is 19.7 Å². The summed E-state index contributed by atoms with van der Waals surface area (Å²) in [6, 6.07) is 12.0. The number of phenolic OH excluding ortho intramolecular Hbond substituents is 2. The van der Waals surface area contributed by atoms with Crippen molar-refractivity contribution >= 4 is 29.3 Å². The second-order valence-electron chi connectivity index (χ2n) is 7.94. The summed E-state index contributed by atoms with van der Waals surface area (Å²) in [4.78, 5) is 35.1. The molecule has 0 bridgehead atoms. The van der Waals surface area contributed by atoms with Crippen molar-refractivity contribution in [2.45, 2.75) is 5.60 Å². The monoisotopic (exact) mass is 478 g/mol. The lowest BCUT2D eigenvalue weighted by atomic mass is 9.77. The Kier molecular flexibility index (Phi) is 4.90. The number of hydrogen-bond acceptors (Lipinski definition) is 9. The molecule has 0 aliphatic carbocycles. The first-order chi connectivity index (χ1) is 16.7. The van der Waals surface area contributed by atoms with E-state index < -0.39 is 36.6 Å². The van der Waals surface area contributed by atoms with Crippen LogP contribution in [0.25, 0.3) is 0 Å². The Hall–Kier alpha value is -4.93. The van der Waals surface area contributed by atoms with Gasteiger partial charge < -0.3 is 40.5 Å².